The van der Waals surface area contributed by atoms with Crippen LogP contribution < -0.4 is 10.1 Å². The Balaban J connectivity index is 2.44. The number of benzene rings is 2. The van der Waals surface area contributed by atoms with Crippen LogP contribution in [0, 0.1) is 10.1 Å². The van der Waals surface area contributed by atoms with Crippen molar-refractivity contribution in [2.24, 2.45) is 0 Å². The average Bonchev–Trinajstić information content (AvgIpc) is 2.41. The molecule has 0 amide bonds. The molecule has 0 aromatic heterocycles. The van der Waals surface area contributed by atoms with E-state index in [0.717, 1.165) is 0 Å². The monoisotopic (exact) mass is 292 g/mol. The Kier molecular flexibility index (Phi) is 4.42. The minimum atomic E-state index is -0.468. The van der Waals surface area contributed by atoms with Gasteiger partial charge in [0.2, 0.25) is 5.75 Å². The fraction of sp³-hybridized carbons (Fsp3) is 0.143. The normalized spacial score (nSPS) is 10.1. The van der Waals surface area contributed by atoms with E-state index in [2.05, 4.69) is 5.32 Å². The van der Waals surface area contributed by atoms with Crippen LogP contribution >= 0.6 is 11.6 Å². The van der Waals surface area contributed by atoms with Gasteiger partial charge in [-0.25, -0.2) is 0 Å². The van der Waals surface area contributed by atoms with E-state index < -0.39 is 4.92 Å². The van der Waals surface area contributed by atoms with E-state index in [1.54, 1.807) is 42.5 Å². The van der Waals surface area contributed by atoms with Crippen LogP contribution in [0.3, 0.4) is 0 Å². The van der Waals surface area contributed by atoms with Crippen LogP contribution in [0.5, 0.6) is 11.5 Å². The molecule has 2 aromatic rings. The molecule has 0 radical (unpaired) electrons. The third kappa shape index (κ3) is 3.00. The Morgan fingerprint density at radius 3 is 2.55 bits per heavy atom. The lowest BCUT2D eigenvalue weighted by Crippen LogP contribution is -2.02. The highest BCUT2D eigenvalue weighted by Gasteiger charge is 2.21. The lowest BCUT2D eigenvalue weighted by Gasteiger charge is -2.10. The van der Waals surface area contributed by atoms with Crippen molar-refractivity contribution >= 4 is 23.0 Å². The molecule has 0 aliphatic heterocycles. The number of nitrogens with one attached hydrogen (secondary N) is 1. The van der Waals surface area contributed by atoms with Gasteiger partial charge < -0.3 is 10.1 Å². The van der Waals surface area contributed by atoms with Gasteiger partial charge in [0, 0.05) is 6.54 Å². The molecule has 0 saturated heterocycles. The summed E-state index contributed by atoms with van der Waals surface area (Å²) in [5.41, 5.74) is 0.316. The number of rotatable bonds is 5. The van der Waals surface area contributed by atoms with Gasteiger partial charge in [-0.1, -0.05) is 29.8 Å². The maximum Gasteiger partial charge on any atom is 0.334 e. The van der Waals surface area contributed by atoms with E-state index >= 15 is 0 Å². The van der Waals surface area contributed by atoms with Crippen LogP contribution in [0.15, 0.2) is 42.5 Å². The third-order valence-corrected chi connectivity index (χ3v) is 2.92. The lowest BCUT2D eigenvalue weighted by molar-refractivity contribution is -0.384. The minimum Gasteiger partial charge on any atom is -0.448 e. The number of hydrogen-bond acceptors (Lipinski definition) is 4. The number of nitrogens with zero attached hydrogens (tertiary/aromatic N) is 1. The first-order valence-electron chi connectivity index (χ1n) is 6.07. The van der Waals surface area contributed by atoms with Crippen molar-refractivity contribution in [1.29, 1.82) is 0 Å². The molecule has 0 heterocycles. The van der Waals surface area contributed by atoms with Crippen LogP contribution in [-0.2, 0) is 0 Å². The number of nitro benzene ring substituents is 1. The lowest BCUT2D eigenvalue weighted by atomic mass is 10.2. The summed E-state index contributed by atoms with van der Waals surface area (Å²) in [6, 6.07) is 11.7. The SMILES string of the molecule is CCNc1cccc(Oc2ccccc2Cl)c1[N+](=O)[O-]. The molecule has 0 bridgehead atoms. The van der Waals surface area contributed by atoms with Crippen LogP contribution in [0.25, 0.3) is 0 Å². The van der Waals surface area contributed by atoms with Gasteiger partial charge in [-0.2, -0.15) is 0 Å². The molecular formula is C14H13ClN2O3. The molecular weight excluding hydrogens is 280 g/mol. The summed E-state index contributed by atoms with van der Waals surface area (Å²) in [4.78, 5) is 10.8. The van der Waals surface area contributed by atoms with E-state index in [1.165, 1.54) is 0 Å². The van der Waals surface area contributed by atoms with Crippen molar-refractivity contribution in [3.8, 4) is 11.5 Å². The molecule has 0 spiro atoms. The molecule has 0 atom stereocenters. The Hall–Kier alpha value is -2.27. The van der Waals surface area contributed by atoms with Gasteiger partial charge in [-0.3, -0.25) is 10.1 Å². The van der Waals surface area contributed by atoms with E-state index in [9.17, 15) is 10.1 Å². The topological polar surface area (TPSA) is 64.4 Å². The van der Waals surface area contributed by atoms with Crippen LogP contribution in [0.1, 0.15) is 6.92 Å². The molecule has 1 N–H and O–H groups in total. The smallest absolute Gasteiger partial charge is 0.334 e. The van der Waals surface area contributed by atoms with Crippen LogP contribution in [-0.4, -0.2) is 11.5 Å². The average molecular weight is 293 g/mol. The Morgan fingerprint density at radius 1 is 1.20 bits per heavy atom. The summed E-state index contributed by atoms with van der Waals surface area (Å²) in [6.07, 6.45) is 0. The second-order valence-corrected chi connectivity index (χ2v) is 4.38. The zero-order chi connectivity index (χ0) is 14.5. The predicted octanol–water partition coefficient (Wildman–Crippen LogP) is 4.47. The molecule has 20 heavy (non-hydrogen) atoms. The van der Waals surface area contributed by atoms with Crippen molar-refractivity contribution in [3.63, 3.8) is 0 Å². The Morgan fingerprint density at radius 2 is 1.90 bits per heavy atom. The number of anilines is 1. The largest absolute Gasteiger partial charge is 0.448 e. The fourth-order valence-electron chi connectivity index (χ4n) is 1.77. The number of nitro groups is 1. The first-order chi connectivity index (χ1) is 9.63. The summed E-state index contributed by atoms with van der Waals surface area (Å²) < 4.78 is 5.57. The molecule has 2 aromatic carbocycles. The predicted molar refractivity (Wildman–Crippen MR) is 78.8 cm³/mol. The second kappa shape index (κ2) is 6.25. The van der Waals surface area contributed by atoms with Gasteiger partial charge in [0.05, 0.1) is 9.95 Å². The standard InChI is InChI=1S/C14H13ClN2O3/c1-2-16-11-7-5-9-13(14(11)17(18)19)20-12-8-4-3-6-10(12)15/h3-9,16H,2H2,1H3. The van der Waals surface area contributed by atoms with E-state index in [-0.39, 0.29) is 11.4 Å². The molecule has 2 rings (SSSR count). The summed E-state index contributed by atoms with van der Waals surface area (Å²) in [5.74, 6) is 0.535. The van der Waals surface area contributed by atoms with Gasteiger partial charge in [0.15, 0.2) is 0 Å². The van der Waals surface area contributed by atoms with Gasteiger partial charge in [-0.15, -0.1) is 0 Å². The molecule has 5 nitrogen and oxygen atoms in total. The second-order valence-electron chi connectivity index (χ2n) is 3.97. The van der Waals surface area contributed by atoms with Crippen LogP contribution in [0.2, 0.25) is 5.02 Å². The van der Waals surface area contributed by atoms with E-state index in [0.29, 0.717) is 23.0 Å². The third-order valence-electron chi connectivity index (χ3n) is 2.61. The fourth-order valence-corrected chi connectivity index (χ4v) is 1.95. The van der Waals surface area contributed by atoms with Gasteiger partial charge in [0.25, 0.3) is 0 Å². The highest BCUT2D eigenvalue weighted by atomic mass is 35.5. The number of halogens is 1. The van der Waals surface area contributed by atoms with Crippen LogP contribution in [0.4, 0.5) is 11.4 Å². The molecule has 0 aliphatic carbocycles. The van der Waals surface area contributed by atoms with Crippen molar-refractivity contribution in [3.05, 3.63) is 57.6 Å². The van der Waals surface area contributed by atoms with E-state index in [1.807, 2.05) is 6.92 Å². The first-order valence-corrected chi connectivity index (χ1v) is 6.45. The maximum atomic E-state index is 11.2. The summed E-state index contributed by atoms with van der Waals surface area (Å²) in [6.45, 7) is 2.45. The zero-order valence-electron chi connectivity index (χ0n) is 10.8. The van der Waals surface area contributed by atoms with Gasteiger partial charge in [-0.05, 0) is 31.2 Å². The summed E-state index contributed by atoms with van der Waals surface area (Å²) >= 11 is 6.00. The van der Waals surface area contributed by atoms with Crippen molar-refractivity contribution in [1.82, 2.24) is 0 Å². The van der Waals surface area contributed by atoms with Crippen molar-refractivity contribution < 1.29 is 9.66 Å². The maximum absolute atomic E-state index is 11.2. The zero-order valence-corrected chi connectivity index (χ0v) is 11.6. The number of para-hydroxylation sites is 2. The first kappa shape index (κ1) is 14.1. The number of ether oxygens (including phenoxy) is 1. The molecule has 0 fully saturated rings. The number of hydrogen-bond donors (Lipinski definition) is 1. The Labute approximate surface area is 121 Å². The molecule has 0 saturated carbocycles. The van der Waals surface area contributed by atoms with Gasteiger partial charge >= 0.3 is 5.69 Å². The summed E-state index contributed by atoms with van der Waals surface area (Å²) in [5, 5.41) is 14.6. The minimum absolute atomic E-state index is 0.103. The van der Waals surface area contributed by atoms with E-state index in [4.69, 9.17) is 16.3 Å². The van der Waals surface area contributed by atoms with Crippen molar-refractivity contribution in [2.45, 2.75) is 6.92 Å². The summed E-state index contributed by atoms with van der Waals surface area (Å²) in [7, 11) is 0. The Bertz CT molecular complexity index is 632. The molecule has 6 heteroatoms. The quantitative estimate of drug-likeness (QED) is 0.652. The highest BCUT2D eigenvalue weighted by molar-refractivity contribution is 6.32. The van der Waals surface area contributed by atoms with Crippen molar-refractivity contribution in [2.75, 3.05) is 11.9 Å². The molecule has 0 aliphatic rings. The molecule has 0 unspecified atom stereocenters. The molecule has 104 valence electrons. The van der Waals surface area contributed by atoms with Gasteiger partial charge in [0.1, 0.15) is 11.4 Å². The highest BCUT2D eigenvalue weighted by Crippen LogP contribution is 2.39.